The SMILES string of the molecule is C#Cc1cc(CNC(=O)/C=C\c2ccc(C(F)(F)F)nc2Oc2ccc(F)cc2)cc(F)c1NS(C)(=O)=O.C=Cc1cc(CN)cc(F)c1NS(C)(=O)=O.Cl. The van der Waals surface area contributed by atoms with E-state index in [0.717, 1.165) is 48.9 Å². The standard InChI is InChI=1S/C25H18F5N3O4S.C10H13FN2O2S.ClH/c1-3-16-12-15(13-20(27)23(16)33-38(2,35)36)14-31-22(34)11-5-17-4-10-21(25(28,29)30)32-24(17)37-19-8-6-18(26)7-9-19;1-3-8-4-7(6-12)5-9(11)10(8)13-16(2,14)15;/h1,4-13,33H,14H2,2H3,(H,31,34);3-5,13H,1,6,12H2,2H3;1H/b11-5-;;. The second-order valence-electron chi connectivity index (χ2n) is 11.0. The number of hydrogen-bond donors (Lipinski definition) is 4. The van der Waals surface area contributed by atoms with Gasteiger partial charge in [-0.2, -0.15) is 13.2 Å². The highest BCUT2D eigenvalue weighted by Gasteiger charge is 2.33. The molecule has 4 aromatic rings. The van der Waals surface area contributed by atoms with E-state index < -0.39 is 66.8 Å². The molecule has 5 N–H and O–H groups in total. The number of carbonyl (C=O) groups excluding carboxylic acids is 1. The Morgan fingerprint density at radius 2 is 1.49 bits per heavy atom. The van der Waals surface area contributed by atoms with Gasteiger partial charge in [0.2, 0.25) is 31.8 Å². The molecule has 294 valence electrons. The number of amides is 1. The fourth-order valence-corrected chi connectivity index (χ4v) is 5.44. The summed E-state index contributed by atoms with van der Waals surface area (Å²) in [6, 6.07) is 11.3. The first-order valence-corrected chi connectivity index (χ1v) is 18.8. The number of ether oxygens (including phenoxy) is 1. The van der Waals surface area contributed by atoms with Crippen LogP contribution >= 0.6 is 12.4 Å². The van der Waals surface area contributed by atoms with Crippen LogP contribution in [0.4, 0.5) is 37.7 Å². The first kappa shape index (κ1) is 45.6. The van der Waals surface area contributed by atoms with Gasteiger partial charge >= 0.3 is 6.18 Å². The molecule has 0 atom stereocenters. The number of nitrogens with one attached hydrogen (secondary N) is 3. The summed E-state index contributed by atoms with van der Waals surface area (Å²) < 4.78 is 135. The molecular weight excluding hydrogens is 800 g/mol. The Morgan fingerprint density at radius 3 is 2.04 bits per heavy atom. The lowest BCUT2D eigenvalue weighted by molar-refractivity contribution is -0.141. The van der Waals surface area contributed by atoms with Crippen molar-refractivity contribution in [3.05, 3.63) is 124 Å². The number of hydrogen-bond acceptors (Lipinski definition) is 8. The third-order valence-electron chi connectivity index (χ3n) is 6.61. The molecule has 0 aliphatic carbocycles. The molecule has 0 bridgehead atoms. The summed E-state index contributed by atoms with van der Waals surface area (Å²) >= 11 is 0. The number of pyridine rings is 1. The Labute approximate surface area is 319 Å². The van der Waals surface area contributed by atoms with E-state index in [4.69, 9.17) is 16.9 Å². The van der Waals surface area contributed by atoms with E-state index >= 15 is 0 Å². The smallest absolute Gasteiger partial charge is 0.433 e. The van der Waals surface area contributed by atoms with Crippen molar-refractivity contribution in [3.63, 3.8) is 0 Å². The summed E-state index contributed by atoms with van der Waals surface area (Å²) in [6.07, 6.45) is 5.86. The van der Waals surface area contributed by atoms with E-state index in [9.17, 15) is 48.0 Å². The van der Waals surface area contributed by atoms with Gasteiger partial charge in [-0.25, -0.2) is 35.0 Å². The molecule has 1 amide bonds. The van der Waals surface area contributed by atoms with Crippen LogP contribution in [0.25, 0.3) is 12.2 Å². The number of aromatic nitrogens is 1. The summed E-state index contributed by atoms with van der Waals surface area (Å²) in [4.78, 5) is 15.8. The molecule has 20 heteroatoms. The Morgan fingerprint density at radius 1 is 0.909 bits per heavy atom. The molecule has 4 rings (SSSR count). The third-order valence-corrected chi connectivity index (χ3v) is 7.76. The van der Waals surface area contributed by atoms with Crippen molar-refractivity contribution in [2.24, 2.45) is 5.73 Å². The van der Waals surface area contributed by atoms with Gasteiger partial charge < -0.3 is 15.8 Å². The van der Waals surface area contributed by atoms with Gasteiger partial charge in [0.15, 0.2) is 0 Å². The van der Waals surface area contributed by atoms with E-state index in [1.807, 2.05) is 4.72 Å². The molecule has 0 aliphatic heterocycles. The minimum Gasteiger partial charge on any atom is -0.438 e. The van der Waals surface area contributed by atoms with Crippen LogP contribution < -0.4 is 25.2 Å². The molecular formula is C35H32ClF6N5O6S2. The fraction of sp³-hybridized carbons (Fsp3) is 0.143. The molecule has 1 heterocycles. The zero-order valence-electron chi connectivity index (χ0n) is 28.7. The molecule has 3 aromatic carbocycles. The maximum atomic E-state index is 14.4. The Bertz CT molecular complexity index is 2340. The average molecular weight is 832 g/mol. The fourth-order valence-electron chi connectivity index (χ4n) is 4.27. The van der Waals surface area contributed by atoms with Gasteiger partial charge in [-0.1, -0.05) is 18.6 Å². The number of anilines is 2. The highest BCUT2D eigenvalue weighted by Crippen LogP contribution is 2.32. The van der Waals surface area contributed by atoms with Crippen molar-refractivity contribution in [3.8, 4) is 24.0 Å². The lowest BCUT2D eigenvalue weighted by Crippen LogP contribution is -2.20. The van der Waals surface area contributed by atoms with Gasteiger partial charge in [-0.05, 0) is 77.9 Å². The van der Waals surface area contributed by atoms with Gasteiger partial charge in [0.1, 0.15) is 28.9 Å². The topological polar surface area (TPSA) is 170 Å². The quantitative estimate of drug-likeness (QED) is 0.0706. The molecule has 55 heavy (non-hydrogen) atoms. The minimum absolute atomic E-state index is 0. The molecule has 0 spiro atoms. The number of sulfonamides is 2. The van der Waals surface area contributed by atoms with E-state index in [2.05, 4.69) is 27.5 Å². The van der Waals surface area contributed by atoms with Crippen LogP contribution in [-0.4, -0.2) is 40.2 Å². The van der Waals surface area contributed by atoms with Crippen LogP contribution in [-0.2, 0) is 44.1 Å². The highest BCUT2D eigenvalue weighted by molar-refractivity contribution is 7.92. The second-order valence-corrected chi connectivity index (χ2v) is 14.5. The maximum absolute atomic E-state index is 14.4. The first-order valence-electron chi connectivity index (χ1n) is 15.0. The summed E-state index contributed by atoms with van der Waals surface area (Å²) in [7, 11) is -7.32. The number of rotatable bonds is 12. The number of alkyl halides is 3. The molecule has 11 nitrogen and oxygen atoms in total. The molecule has 1 aromatic heterocycles. The van der Waals surface area contributed by atoms with Crippen LogP contribution in [0.2, 0.25) is 0 Å². The molecule has 0 saturated heterocycles. The van der Waals surface area contributed by atoms with Crippen molar-refractivity contribution in [2.75, 3.05) is 22.0 Å². The monoisotopic (exact) mass is 831 g/mol. The Hall–Kier alpha value is -5.55. The maximum Gasteiger partial charge on any atom is 0.433 e. The predicted molar refractivity (Wildman–Crippen MR) is 199 cm³/mol. The van der Waals surface area contributed by atoms with Crippen molar-refractivity contribution < 1.29 is 52.7 Å². The van der Waals surface area contributed by atoms with Crippen LogP contribution in [0, 0.1) is 29.8 Å². The van der Waals surface area contributed by atoms with E-state index in [0.29, 0.717) is 17.2 Å². The van der Waals surface area contributed by atoms with Gasteiger partial charge in [0.25, 0.3) is 0 Å². The summed E-state index contributed by atoms with van der Waals surface area (Å²) in [5, 5.41) is 2.44. The van der Waals surface area contributed by atoms with E-state index in [-0.39, 0.29) is 53.6 Å². The van der Waals surface area contributed by atoms with E-state index in [1.54, 1.807) is 6.07 Å². The van der Waals surface area contributed by atoms with Crippen LogP contribution in [0.3, 0.4) is 0 Å². The molecule has 0 fully saturated rings. The largest absolute Gasteiger partial charge is 0.438 e. The van der Waals surface area contributed by atoms with Crippen molar-refractivity contribution in [1.29, 1.82) is 0 Å². The lowest BCUT2D eigenvalue weighted by atomic mass is 10.1. The van der Waals surface area contributed by atoms with Crippen LogP contribution in [0.1, 0.15) is 33.5 Å². The molecule has 0 unspecified atom stereocenters. The van der Waals surface area contributed by atoms with Gasteiger partial charge in [0, 0.05) is 30.3 Å². The van der Waals surface area contributed by atoms with Crippen molar-refractivity contribution >= 4 is 61.9 Å². The zero-order chi connectivity index (χ0) is 40.4. The van der Waals surface area contributed by atoms with Crippen molar-refractivity contribution in [2.45, 2.75) is 19.3 Å². The summed E-state index contributed by atoms with van der Waals surface area (Å²) in [5.74, 6) is -1.22. The number of terminal acetylenes is 1. The number of halogens is 7. The average Bonchev–Trinajstić information content (AvgIpc) is 3.08. The lowest BCUT2D eigenvalue weighted by Gasteiger charge is -2.12. The Balaban J connectivity index is 0.000000516. The van der Waals surface area contributed by atoms with Gasteiger partial charge in [-0.15, -0.1) is 18.8 Å². The Kier molecular flexibility index (Phi) is 15.9. The zero-order valence-corrected chi connectivity index (χ0v) is 31.1. The van der Waals surface area contributed by atoms with E-state index in [1.165, 1.54) is 30.3 Å². The molecule has 0 radical (unpaired) electrons. The number of nitrogens with zero attached hydrogens (tertiary/aromatic N) is 1. The van der Waals surface area contributed by atoms with Crippen LogP contribution in [0.15, 0.2) is 73.3 Å². The normalized spacial score (nSPS) is 11.3. The summed E-state index contributed by atoms with van der Waals surface area (Å²) in [5.41, 5.74) is 4.71. The second kappa shape index (κ2) is 19.2. The third kappa shape index (κ3) is 14.3. The first-order chi connectivity index (χ1) is 25.1. The van der Waals surface area contributed by atoms with Crippen molar-refractivity contribution in [1.82, 2.24) is 10.3 Å². The minimum atomic E-state index is -4.76. The van der Waals surface area contributed by atoms with Gasteiger partial charge in [0.05, 0.1) is 29.4 Å². The number of benzene rings is 3. The molecule has 0 aliphatic rings. The van der Waals surface area contributed by atoms with Gasteiger partial charge in [-0.3, -0.25) is 14.2 Å². The number of carbonyl (C=O) groups is 1. The van der Waals surface area contributed by atoms with Crippen LogP contribution in [0.5, 0.6) is 11.6 Å². The number of nitrogens with two attached hydrogens (primary N) is 1. The highest BCUT2D eigenvalue weighted by atomic mass is 35.5. The predicted octanol–water partition coefficient (Wildman–Crippen LogP) is 6.57. The summed E-state index contributed by atoms with van der Waals surface area (Å²) in [6.45, 7) is 3.46. The molecule has 0 saturated carbocycles.